The van der Waals surface area contributed by atoms with Gasteiger partial charge in [0.15, 0.2) is 0 Å². The van der Waals surface area contributed by atoms with Gasteiger partial charge in [0.25, 0.3) is 0 Å². The topological polar surface area (TPSA) is 12.9 Å². The molecule has 74 valence electrons. The highest BCUT2D eigenvalue weighted by Gasteiger charge is 1.98. The molecule has 1 atom stereocenters. The Morgan fingerprint density at radius 3 is 2.62 bits per heavy atom. The Kier molecular flexibility index (Phi) is 5.15. The third-order valence-corrected chi connectivity index (χ3v) is 3.64. The zero-order valence-electron chi connectivity index (χ0n) is 8.77. The number of nitrogens with zero attached hydrogens (tertiary/aromatic N) is 1. The molecular formula is C11H20NP. The van der Waals surface area contributed by atoms with Gasteiger partial charge in [0.1, 0.15) is 0 Å². The molecule has 1 rings (SSSR count). The van der Waals surface area contributed by atoms with Crippen LogP contribution in [0, 0.1) is 6.92 Å². The number of aryl methyl sites for hydroxylation is 2. The van der Waals surface area contributed by atoms with E-state index in [1.54, 1.807) is 5.30 Å². The lowest BCUT2D eigenvalue weighted by atomic mass is 10.1. The predicted molar refractivity (Wildman–Crippen MR) is 60.9 cm³/mol. The van der Waals surface area contributed by atoms with Crippen LogP contribution < -0.4 is 0 Å². The molecule has 1 heterocycles. The van der Waals surface area contributed by atoms with E-state index < -0.39 is 0 Å². The predicted octanol–water partition coefficient (Wildman–Crippen LogP) is 3.93. The van der Waals surface area contributed by atoms with Crippen molar-refractivity contribution in [3.63, 3.8) is 0 Å². The molecule has 0 aliphatic heterocycles. The molecule has 0 aromatic carbocycles. The maximum absolute atomic E-state index is 4.29. The first-order valence-electron chi connectivity index (χ1n) is 5.33. The average Bonchev–Trinajstić information content (AvgIpc) is 2.52. The van der Waals surface area contributed by atoms with Gasteiger partial charge in [-0.15, -0.1) is 0 Å². The zero-order chi connectivity index (χ0) is 9.52. The zero-order valence-corrected chi connectivity index (χ0v) is 9.77. The molecule has 0 bridgehead atoms. The van der Waals surface area contributed by atoms with Crippen LogP contribution in [-0.2, 0) is 6.42 Å². The van der Waals surface area contributed by atoms with Crippen LogP contribution in [0.25, 0.3) is 0 Å². The molecular weight excluding hydrogens is 177 g/mol. The van der Waals surface area contributed by atoms with Crippen molar-refractivity contribution in [1.29, 1.82) is 0 Å². The minimum atomic E-state index is 0.741. The Morgan fingerprint density at radius 2 is 2.00 bits per heavy atom. The lowest BCUT2D eigenvalue weighted by molar-refractivity contribution is 0.634. The van der Waals surface area contributed by atoms with Crippen LogP contribution in [0.4, 0.5) is 0 Å². The fraction of sp³-hybridized carbons (Fsp3) is 0.727. The van der Waals surface area contributed by atoms with Gasteiger partial charge < -0.3 is 0 Å². The maximum Gasteiger partial charge on any atom is 0.0342 e. The third kappa shape index (κ3) is 3.95. The summed E-state index contributed by atoms with van der Waals surface area (Å²) in [4.78, 5) is 0. The monoisotopic (exact) mass is 197 g/mol. The summed E-state index contributed by atoms with van der Waals surface area (Å²) in [5.41, 5.74) is 1.42. The van der Waals surface area contributed by atoms with Crippen LogP contribution in [0.5, 0.6) is 0 Å². The molecule has 0 saturated carbocycles. The Morgan fingerprint density at radius 1 is 1.23 bits per heavy atom. The van der Waals surface area contributed by atoms with Crippen LogP contribution in [0.1, 0.15) is 49.9 Å². The van der Waals surface area contributed by atoms with E-state index in [1.165, 1.54) is 44.1 Å². The van der Waals surface area contributed by atoms with Crippen LogP contribution in [0.3, 0.4) is 0 Å². The van der Waals surface area contributed by atoms with Crippen molar-refractivity contribution in [3.8, 4) is 0 Å². The molecule has 0 fully saturated rings. The average molecular weight is 197 g/mol. The van der Waals surface area contributed by atoms with Gasteiger partial charge in [-0.2, -0.15) is 0 Å². The molecule has 1 unspecified atom stereocenters. The van der Waals surface area contributed by atoms with Gasteiger partial charge in [0.05, 0.1) is 0 Å². The fourth-order valence-electron chi connectivity index (χ4n) is 1.53. The van der Waals surface area contributed by atoms with E-state index in [9.17, 15) is 0 Å². The summed E-state index contributed by atoms with van der Waals surface area (Å²) in [6.45, 7) is 4.45. The molecule has 1 aromatic heterocycles. The maximum atomic E-state index is 4.29. The first kappa shape index (κ1) is 10.8. The van der Waals surface area contributed by atoms with Gasteiger partial charge in [0.2, 0.25) is 0 Å². The summed E-state index contributed by atoms with van der Waals surface area (Å²) in [5.74, 6) is 0. The number of aromatic nitrogens is 1. The van der Waals surface area contributed by atoms with Crippen molar-refractivity contribution in [2.24, 2.45) is 0 Å². The number of hydrogen-bond acceptors (Lipinski definition) is 1. The third-order valence-electron chi connectivity index (χ3n) is 2.46. The Hall–Kier alpha value is -0.290. The van der Waals surface area contributed by atoms with Crippen LogP contribution in [-0.4, -0.2) is 4.75 Å². The second-order valence-corrected chi connectivity index (χ2v) is 4.78. The van der Waals surface area contributed by atoms with E-state index >= 15 is 0 Å². The normalized spacial score (nSPS) is 11.2. The van der Waals surface area contributed by atoms with Gasteiger partial charge in [-0.25, -0.2) is 4.75 Å². The van der Waals surface area contributed by atoms with Crippen LogP contribution in [0.15, 0.2) is 6.20 Å². The largest absolute Gasteiger partial charge is 0.248 e. The smallest absolute Gasteiger partial charge is 0.0342 e. The number of unbranched alkanes of at least 4 members (excludes halogenated alkanes) is 4. The molecule has 0 saturated heterocycles. The standard InChI is InChI=1S/C11H20NP/c1-3-4-5-6-7-8-11-10(2)9-12-13-11/h9,13H,3-8H2,1-2H3. The molecule has 2 heteroatoms. The molecule has 1 aromatic rings. The van der Waals surface area contributed by atoms with Gasteiger partial charge in [-0.3, -0.25) is 0 Å². The summed E-state index contributed by atoms with van der Waals surface area (Å²) < 4.78 is 4.29. The Bertz CT molecular complexity index is 230. The van der Waals surface area contributed by atoms with E-state index in [0.29, 0.717) is 0 Å². The molecule has 1 nitrogen and oxygen atoms in total. The van der Waals surface area contributed by atoms with Crippen molar-refractivity contribution < 1.29 is 0 Å². The molecule has 0 radical (unpaired) electrons. The van der Waals surface area contributed by atoms with E-state index in [1.807, 2.05) is 6.20 Å². The highest BCUT2D eigenvalue weighted by Crippen LogP contribution is 2.19. The fourth-order valence-corrected chi connectivity index (χ4v) is 2.48. The summed E-state index contributed by atoms with van der Waals surface area (Å²) in [7, 11) is 0.741. The highest BCUT2D eigenvalue weighted by atomic mass is 31.0. The lowest BCUT2D eigenvalue weighted by Gasteiger charge is -1.99. The number of hydrogen-bond donors (Lipinski definition) is 0. The van der Waals surface area contributed by atoms with Crippen molar-refractivity contribution in [1.82, 2.24) is 4.75 Å². The van der Waals surface area contributed by atoms with E-state index in [2.05, 4.69) is 18.6 Å². The van der Waals surface area contributed by atoms with Crippen molar-refractivity contribution in [2.75, 3.05) is 0 Å². The molecule has 0 amide bonds. The molecule has 0 spiro atoms. The van der Waals surface area contributed by atoms with E-state index in [-0.39, 0.29) is 0 Å². The quantitative estimate of drug-likeness (QED) is 0.629. The summed E-state index contributed by atoms with van der Waals surface area (Å²) in [6.07, 6.45) is 10.2. The van der Waals surface area contributed by atoms with Crippen LogP contribution in [0.2, 0.25) is 0 Å². The van der Waals surface area contributed by atoms with Crippen molar-refractivity contribution >= 4 is 8.35 Å². The van der Waals surface area contributed by atoms with Gasteiger partial charge in [0, 0.05) is 6.20 Å². The summed E-state index contributed by atoms with van der Waals surface area (Å²) in [6, 6.07) is 0. The van der Waals surface area contributed by atoms with Crippen molar-refractivity contribution in [3.05, 3.63) is 17.1 Å². The van der Waals surface area contributed by atoms with Crippen molar-refractivity contribution in [2.45, 2.75) is 52.4 Å². The minimum absolute atomic E-state index is 0.741. The van der Waals surface area contributed by atoms with Gasteiger partial charge in [-0.1, -0.05) is 32.6 Å². The van der Waals surface area contributed by atoms with E-state index in [4.69, 9.17) is 0 Å². The van der Waals surface area contributed by atoms with E-state index in [0.717, 1.165) is 8.35 Å². The van der Waals surface area contributed by atoms with Crippen LogP contribution >= 0.6 is 8.35 Å². The number of rotatable bonds is 6. The Balaban J connectivity index is 2.10. The molecule has 0 aliphatic rings. The molecule has 13 heavy (non-hydrogen) atoms. The highest BCUT2D eigenvalue weighted by molar-refractivity contribution is 7.26. The van der Waals surface area contributed by atoms with Gasteiger partial charge in [-0.05, 0) is 39.0 Å². The summed E-state index contributed by atoms with van der Waals surface area (Å²) >= 11 is 0. The first-order valence-corrected chi connectivity index (χ1v) is 6.28. The molecule has 0 aliphatic carbocycles. The second-order valence-electron chi connectivity index (χ2n) is 3.70. The lowest BCUT2D eigenvalue weighted by Crippen LogP contribution is -1.83. The minimum Gasteiger partial charge on any atom is -0.248 e. The molecule has 0 N–H and O–H groups in total. The second kappa shape index (κ2) is 6.21. The first-order chi connectivity index (χ1) is 6.34. The summed E-state index contributed by atoms with van der Waals surface area (Å²) in [5, 5.41) is 1.59. The Labute approximate surface area is 83.1 Å². The van der Waals surface area contributed by atoms with Gasteiger partial charge >= 0.3 is 0 Å². The SMILES string of the molecule is CCCCCCCc1[pH]ncc1C.